The second-order valence-electron chi connectivity index (χ2n) is 4.90. The molecular weight excluding hydrogens is 262 g/mol. The monoisotopic (exact) mass is 285 g/mol. The molecule has 0 aromatic carbocycles. The smallest absolute Gasteiger partial charge is 0.318 e. The number of nitrogens with one attached hydrogen (secondary N) is 2. The first kappa shape index (κ1) is 16.3. The maximum Gasteiger partial charge on any atom is 0.318 e. The van der Waals surface area contributed by atoms with Crippen LogP contribution in [0.1, 0.15) is 38.5 Å². The molecule has 0 aliphatic carbocycles. The largest absolute Gasteiger partial charge is 0.481 e. The number of carbonyl (C=O) groups excluding carboxylic acids is 2. The number of carboxylic acid groups (broad SMARTS) is 1. The van der Waals surface area contributed by atoms with E-state index in [-0.39, 0.29) is 18.4 Å². The van der Waals surface area contributed by atoms with Gasteiger partial charge in [-0.3, -0.25) is 9.59 Å². The molecule has 0 aromatic rings. The fourth-order valence-electron chi connectivity index (χ4n) is 2.31. The zero-order valence-corrected chi connectivity index (χ0v) is 11.9. The summed E-state index contributed by atoms with van der Waals surface area (Å²) in [4.78, 5) is 35.7. The number of likely N-dealkylation sites (N-methyl/N-ethyl adjacent to an activating group) is 1. The third kappa shape index (κ3) is 5.07. The van der Waals surface area contributed by atoms with Crippen molar-refractivity contribution in [1.82, 2.24) is 15.5 Å². The van der Waals surface area contributed by atoms with Crippen LogP contribution in [0.5, 0.6) is 0 Å². The minimum Gasteiger partial charge on any atom is -0.481 e. The number of carbonyl (C=O) groups is 3. The van der Waals surface area contributed by atoms with Gasteiger partial charge >= 0.3 is 12.0 Å². The molecule has 7 heteroatoms. The number of likely N-dealkylation sites (tertiary alicyclic amines) is 1. The van der Waals surface area contributed by atoms with Crippen LogP contribution >= 0.6 is 0 Å². The van der Waals surface area contributed by atoms with E-state index in [9.17, 15) is 14.4 Å². The Hall–Kier alpha value is -1.79. The molecule has 0 radical (unpaired) electrons. The Labute approximate surface area is 118 Å². The lowest BCUT2D eigenvalue weighted by molar-refractivity contribution is -0.137. The maximum atomic E-state index is 12.0. The number of rotatable bonds is 6. The molecule has 1 rings (SSSR count). The predicted octanol–water partition coefficient (Wildman–Crippen LogP) is 0.551. The molecule has 1 unspecified atom stereocenters. The van der Waals surface area contributed by atoms with Gasteiger partial charge in [0.1, 0.15) is 6.04 Å². The van der Waals surface area contributed by atoms with E-state index < -0.39 is 12.0 Å². The quantitative estimate of drug-likeness (QED) is 0.621. The summed E-state index contributed by atoms with van der Waals surface area (Å²) < 4.78 is 0. The first-order chi connectivity index (χ1) is 9.56. The van der Waals surface area contributed by atoms with E-state index in [4.69, 9.17) is 5.11 Å². The minimum absolute atomic E-state index is 0.112. The van der Waals surface area contributed by atoms with E-state index in [1.54, 1.807) is 11.9 Å². The van der Waals surface area contributed by atoms with Crippen molar-refractivity contribution in [1.29, 1.82) is 0 Å². The summed E-state index contributed by atoms with van der Waals surface area (Å²) in [6.07, 6.45) is 3.80. The summed E-state index contributed by atoms with van der Waals surface area (Å²) >= 11 is 0. The van der Waals surface area contributed by atoms with E-state index in [1.165, 1.54) is 0 Å². The van der Waals surface area contributed by atoms with Gasteiger partial charge in [-0.1, -0.05) is 0 Å². The van der Waals surface area contributed by atoms with Crippen molar-refractivity contribution >= 4 is 17.9 Å². The third-order valence-electron chi connectivity index (χ3n) is 3.41. The SMILES string of the molecule is CNC(=O)C1CCCCN1C(=O)NCCCCC(=O)O. The van der Waals surface area contributed by atoms with Crippen LogP contribution in [0.25, 0.3) is 0 Å². The van der Waals surface area contributed by atoms with E-state index >= 15 is 0 Å². The van der Waals surface area contributed by atoms with Crippen LogP contribution in [0.4, 0.5) is 4.79 Å². The van der Waals surface area contributed by atoms with Crippen molar-refractivity contribution in [2.24, 2.45) is 0 Å². The summed E-state index contributed by atoms with van der Waals surface area (Å²) in [6.45, 7) is 1.02. The molecule has 114 valence electrons. The van der Waals surface area contributed by atoms with E-state index in [1.807, 2.05) is 0 Å². The normalized spacial score (nSPS) is 18.4. The summed E-state index contributed by atoms with van der Waals surface area (Å²) in [5.74, 6) is -0.960. The molecule has 1 aliphatic rings. The Balaban J connectivity index is 2.36. The lowest BCUT2D eigenvalue weighted by Gasteiger charge is -2.34. The third-order valence-corrected chi connectivity index (χ3v) is 3.41. The van der Waals surface area contributed by atoms with Gasteiger partial charge in [0.2, 0.25) is 5.91 Å². The molecule has 0 bridgehead atoms. The standard InChI is InChI=1S/C13H23N3O4/c1-14-12(19)10-6-3-5-9-16(10)13(20)15-8-4-2-7-11(17)18/h10H,2-9H2,1H3,(H,14,19)(H,15,20)(H,17,18). The van der Waals surface area contributed by atoms with Gasteiger partial charge in [0, 0.05) is 26.6 Å². The first-order valence-electron chi connectivity index (χ1n) is 7.04. The lowest BCUT2D eigenvalue weighted by atomic mass is 10.0. The highest BCUT2D eigenvalue weighted by molar-refractivity contribution is 5.87. The van der Waals surface area contributed by atoms with Gasteiger partial charge in [0.25, 0.3) is 0 Å². The number of carboxylic acids is 1. The van der Waals surface area contributed by atoms with Crippen molar-refractivity contribution in [3.8, 4) is 0 Å². The van der Waals surface area contributed by atoms with Gasteiger partial charge in [0.05, 0.1) is 0 Å². The zero-order valence-electron chi connectivity index (χ0n) is 11.9. The Bertz CT molecular complexity index is 360. The number of urea groups is 1. The van der Waals surface area contributed by atoms with Crippen LogP contribution in [-0.2, 0) is 9.59 Å². The van der Waals surface area contributed by atoms with E-state index in [0.717, 1.165) is 12.8 Å². The van der Waals surface area contributed by atoms with Gasteiger partial charge in [0.15, 0.2) is 0 Å². The molecule has 0 aromatic heterocycles. The molecule has 1 saturated heterocycles. The zero-order chi connectivity index (χ0) is 15.0. The van der Waals surface area contributed by atoms with E-state index in [2.05, 4.69) is 10.6 Å². The summed E-state index contributed by atoms with van der Waals surface area (Å²) in [5, 5.41) is 13.8. The van der Waals surface area contributed by atoms with Crippen LogP contribution in [0.15, 0.2) is 0 Å². The molecule has 7 nitrogen and oxygen atoms in total. The Morgan fingerprint density at radius 3 is 2.65 bits per heavy atom. The Kier molecular flexibility index (Phi) is 6.83. The van der Waals surface area contributed by atoms with Gasteiger partial charge in [-0.25, -0.2) is 4.79 Å². The minimum atomic E-state index is -0.827. The highest BCUT2D eigenvalue weighted by Crippen LogP contribution is 2.17. The molecule has 0 spiro atoms. The number of hydrogen-bond acceptors (Lipinski definition) is 3. The number of unbranched alkanes of at least 4 members (excludes halogenated alkanes) is 1. The van der Waals surface area contributed by atoms with Gasteiger partial charge in [-0.15, -0.1) is 0 Å². The van der Waals surface area contributed by atoms with Crippen LogP contribution in [0.2, 0.25) is 0 Å². The summed E-state index contributed by atoms with van der Waals surface area (Å²) in [5.41, 5.74) is 0. The van der Waals surface area contributed by atoms with Crippen LogP contribution in [0.3, 0.4) is 0 Å². The van der Waals surface area contributed by atoms with Crippen molar-refractivity contribution < 1.29 is 19.5 Å². The van der Waals surface area contributed by atoms with Crippen molar-refractivity contribution in [2.45, 2.75) is 44.6 Å². The fraction of sp³-hybridized carbons (Fsp3) is 0.769. The number of nitrogens with zero attached hydrogens (tertiary/aromatic N) is 1. The van der Waals surface area contributed by atoms with Crippen molar-refractivity contribution in [2.75, 3.05) is 20.1 Å². The van der Waals surface area contributed by atoms with Crippen LogP contribution < -0.4 is 10.6 Å². The lowest BCUT2D eigenvalue weighted by Crippen LogP contribution is -2.54. The molecule has 3 amide bonds. The number of amides is 3. The molecule has 1 fully saturated rings. The number of hydrogen-bond donors (Lipinski definition) is 3. The number of aliphatic carboxylic acids is 1. The molecule has 1 heterocycles. The van der Waals surface area contributed by atoms with Crippen LogP contribution in [-0.4, -0.2) is 54.1 Å². The highest BCUT2D eigenvalue weighted by atomic mass is 16.4. The second-order valence-corrected chi connectivity index (χ2v) is 4.90. The maximum absolute atomic E-state index is 12.0. The Morgan fingerprint density at radius 1 is 1.25 bits per heavy atom. The Morgan fingerprint density at radius 2 is 2.00 bits per heavy atom. The van der Waals surface area contributed by atoms with E-state index in [0.29, 0.717) is 32.4 Å². The summed E-state index contributed by atoms with van der Waals surface area (Å²) in [6, 6.07) is -0.638. The van der Waals surface area contributed by atoms with Gasteiger partial charge in [-0.05, 0) is 32.1 Å². The predicted molar refractivity (Wildman–Crippen MR) is 73.3 cm³/mol. The molecule has 1 aliphatic heterocycles. The number of piperidine rings is 1. The molecule has 1 atom stereocenters. The molecular formula is C13H23N3O4. The topological polar surface area (TPSA) is 98.7 Å². The first-order valence-corrected chi connectivity index (χ1v) is 7.04. The average molecular weight is 285 g/mol. The van der Waals surface area contributed by atoms with Gasteiger partial charge in [-0.2, -0.15) is 0 Å². The fourth-order valence-corrected chi connectivity index (χ4v) is 2.31. The molecule has 0 saturated carbocycles. The average Bonchev–Trinajstić information content (AvgIpc) is 2.45. The van der Waals surface area contributed by atoms with Crippen molar-refractivity contribution in [3.05, 3.63) is 0 Å². The molecule has 3 N–H and O–H groups in total. The van der Waals surface area contributed by atoms with Gasteiger partial charge < -0.3 is 20.6 Å². The summed E-state index contributed by atoms with van der Waals surface area (Å²) in [7, 11) is 1.57. The van der Waals surface area contributed by atoms with Crippen molar-refractivity contribution in [3.63, 3.8) is 0 Å². The second kappa shape index (κ2) is 8.39. The van der Waals surface area contributed by atoms with Crippen LogP contribution in [0, 0.1) is 0 Å². The molecule has 20 heavy (non-hydrogen) atoms. The highest BCUT2D eigenvalue weighted by Gasteiger charge is 2.31.